The third-order valence-electron chi connectivity index (χ3n) is 6.03. The number of allylic oxidation sites excluding steroid dienone is 2. The van der Waals surface area contributed by atoms with E-state index in [4.69, 9.17) is 0 Å². The van der Waals surface area contributed by atoms with Crippen LogP contribution in [0.2, 0.25) is 24.3 Å². The maximum atomic E-state index is 4.23. The van der Waals surface area contributed by atoms with Crippen LogP contribution in [0.5, 0.6) is 0 Å². The molecule has 0 N–H and O–H groups in total. The van der Waals surface area contributed by atoms with Crippen LogP contribution in [0.3, 0.4) is 0 Å². The number of hydrogen-bond acceptors (Lipinski definition) is 0. The van der Waals surface area contributed by atoms with Crippen LogP contribution < -0.4 is 10.4 Å². The van der Waals surface area contributed by atoms with E-state index in [9.17, 15) is 0 Å². The molecule has 3 rings (SSSR count). The minimum atomic E-state index is -2.08. The van der Waals surface area contributed by atoms with Crippen molar-refractivity contribution in [1.29, 1.82) is 0 Å². The Hall–Kier alpha value is -1.70. The number of rotatable bonds is 10. The molecule has 2 atom stereocenters. The normalized spacial score (nSPS) is 15.0. The SMILES string of the molecule is C=CC[Si](C)(CI)C[Si](CC=C)(c1ccccc1)c1ccccc1-c1ccccc1. The molecule has 3 aromatic carbocycles. The lowest BCUT2D eigenvalue weighted by atomic mass is 10.1. The molecule has 0 saturated carbocycles. The van der Waals surface area contributed by atoms with Crippen LogP contribution in [0.25, 0.3) is 11.1 Å². The fourth-order valence-electron chi connectivity index (χ4n) is 4.68. The van der Waals surface area contributed by atoms with Crippen molar-refractivity contribution in [3.8, 4) is 11.1 Å². The van der Waals surface area contributed by atoms with Gasteiger partial charge in [-0.15, -0.1) is 13.2 Å². The molecular weight excluding hydrogens is 507 g/mol. The standard InChI is InChI=1S/C27H31ISi2/c1-4-20-29(3,22-28)23-30(21-5-2,25-16-10-7-11-17-25)27-19-13-12-18-26(27)24-14-8-6-9-15-24/h4-19H,1-2,20-23H2,3H3. The summed E-state index contributed by atoms with van der Waals surface area (Å²) in [7, 11) is -3.58. The van der Waals surface area contributed by atoms with Gasteiger partial charge in [-0.05, 0) is 32.5 Å². The van der Waals surface area contributed by atoms with Crippen molar-refractivity contribution in [2.45, 2.75) is 24.3 Å². The summed E-state index contributed by atoms with van der Waals surface area (Å²) in [5.41, 5.74) is 4.01. The van der Waals surface area contributed by atoms with Crippen LogP contribution in [-0.4, -0.2) is 20.2 Å². The Morgan fingerprint density at radius 3 is 1.93 bits per heavy atom. The predicted molar refractivity (Wildman–Crippen MR) is 149 cm³/mol. The zero-order valence-corrected chi connectivity index (χ0v) is 22.0. The Labute approximate surface area is 197 Å². The van der Waals surface area contributed by atoms with E-state index in [2.05, 4.69) is 139 Å². The highest BCUT2D eigenvalue weighted by molar-refractivity contribution is 14.1. The van der Waals surface area contributed by atoms with E-state index < -0.39 is 16.1 Å². The molecule has 0 aliphatic heterocycles. The second-order valence-corrected chi connectivity index (χ2v) is 20.2. The van der Waals surface area contributed by atoms with E-state index in [0.29, 0.717) is 0 Å². The highest BCUT2D eigenvalue weighted by atomic mass is 127. The molecule has 0 spiro atoms. The van der Waals surface area contributed by atoms with E-state index in [0.717, 1.165) is 6.04 Å². The molecule has 2 unspecified atom stereocenters. The Kier molecular flexibility index (Phi) is 8.08. The number of benzene rings is 3. The molecule has 0 aromatic heterocycles. The molecule has 30 heavy (non-hydrogen) atoms. The van der Waals surface area contributed by atoms with Gasteiger partial charge in [-0.3, -0.25) is 0 Å². The van der Waals surface area contributed by atoms with Gasteiger partial charge in [0.15, 0.2) is 0 Å². The maximum absolute atomic E-state index is 4.23. The molecule has 0 aliphatic carbocycles. The lowest BCUT2D eigenvalue weighted by Crippen LogP contribution is -2.63. The van der Waals surface area contributed by atoms with Gasteiger partial charge in [-0.2, -0.15) is 0 Å². The van der Waals surface area contributed by atoms with Gasteiger partial charge in [0.1, 0.15) is 8.07 Å². The molecule has 0 saturated heterocycles. The quantitative estimate of drug-likeness (QED) is 0.114. The Balaban J connectivity index is 2.30. The second-order valence-electron chi connectivity index (χ2n) is 8.47. The fourth-order valence-corrected chi connectivity index (χ4v) is 21.0. The minimum absolute atomic E-state index is 1.07. The van der Waals surface area contributed by atoms with Gasteiger partial charge < -0.3 is 0 Å². The van der Waals surface area contributed by atoms with E-state index in [1.54, 1.807) is 5.19 Å². The van der Waals surface area contributed by atoms with Gasteiger partial charge in [0.05, 0.1) is 8.07 Å². The Morgan fingerprint density at radius 2 is 1.33 bits per heavy atom. The summed E-state index contributed by atoms with van der Waals surface area (Å²) in [6, 6.07) is 33.5. The second kappa shape index (κ2) is 10.6. The monoisotopic (exact) mass is 538 g/mol. The first-order valence-electron chi connectivity index (χ1n) is 10.6. The predicted octanol–water partition coefficient (Wildman–Crippen LogP) is 6.88. The first-order chi connectivity index (χ1) is 14.6. The summed E-state index contributed by atoms with van der Waals surface area (Å²) in [6.07, 6.45) is 4.34. The van der Waals surface area contributed by atoms with Crippen LogP contribution in [0.15, 0.2) is 110 Å². The smallest absolute Gasteiger partial charge is 0.103 e. The number of hydrogen-bond donors (Lipinski definition) is 0. The van der Waals surface area contributed by atoms with Crippen molar-refractivity contribution in [1.82, 2.24) is 0 Å². The largest absolute Gasteiger partial charge is 0.120 e. The molecule has 3 heteroatoms. The van der Waals surface area contributed by atoms with Crippen molar-refractivity contribution >= 4 is 49.1 Å². The number of alkyl halides is 1. The van der Waals surface area contributed by atoms with E-state index >= 15 is 0 Å². The fraction of sp³-hybridized carbons (Fsp3) is 0.185. The summed E-state index contributed by atoms with van der Waals surface area (Å²) >= 11 is 2.63. The van der Waals surface area contributed by atoms with Crippen molar-refractivity contribution in [2.75, 3.05) is 4.05 Å². The van der Waals surface area contributed by atoms with Crippen LogP contribution in [-0.2, 0) is 0 Å². The molecule has 0 amide bonds. The molecule has 154 valence electrons. The average molecular weight is 539 g/mol. The van der Waals surface area contributed by atoms with Crippen molar-refractivity contribution in [3.63, 3.8) is 0 Å². The average Bonchev–Trinajstić information content (AvgIpc) is 2.80. The van der Waals surface area contributed by atoms with Crippen LogP contribution in [0, 0.1) is 0 Å². The highest BCUT2D eigenvalue weighted by Gasteiger charge is 2.43. The van der Waals surface area contributed by atoms with Gasteiger partial charge in [0, 0.05) is 0 Å². The Morgan fingerprint density at radius 1 is 0.767 bits per heavy atom. The topological polar surface area (TPSA) is 0 Å². The minimum Gasteiger partial charge on any atom is -0.103 e. The molecule has 0 fully saturated rings. The molecule has 3 aromatic rings. The third kappa shape index (κ3) is 4.95. The first-order valence-corrected chi connectivity index (χ1v) is 17.6. The van der Waals surface area contributed by atoms with Gasteiger partial charge in [-0.25, -0.2) is 0 Å². The van der Waals surface area contributed by atoms with Crippen molar-refractivity contribution in [3.05, 3.63) is 110 Å². The van der Waals surface area contributed by atoms with Gasteiger partial charge >= 0.3 is 0 Å². The maximum Gasteiger partial charge on any atom is 0.120 e. The zero-order valence-electron chi connectivity index (χ0n) is 17.9. The van der Waals surface area contributed by atoms with Crippen molar-refractivity contribution in [2.24, 2.45) is 0 Å². The number of halogens is 1. The highest BCUT2D eigenvalue weighted by Crippen LogP contribution is 2.31. The molecule has 0 nitrogen and oxygen atoms in total. The summed E-state index contributed by atoms with van der Waals surface area (Å²) in [5, 5.41) is 3.08. The molecule has 0 bridgehead atoms. The molecule has 0 heterocycles. The van der Waals surface area contributed by atoms with Crippen molar-refractivity contribution < 1.29 is 0 Å². The van der Waals surface area contributed by atoms with Gasteiger partial charge in [0.2, 0.25) is 0 Å². The summed E-state index contributed by atoms with van der Waals surface area (Å²) in [5.74, 6) is 0. The molecule has 0 aliphatic rings. The van der Waals surface area contributed by atoms with Crippen LogP contribution in [0.4, 0.5) is 0 Å². The molecular formula is C27H31ISi2. The first kappa shape index (κ1) is 23.0. The van der Waals surface area contributed by atoms with Gasteiger partial charge in [0.25, 0.3) is 0 Å². The lowest BCUT2D eigenvalue weighted by Gasteiger charge is -2.40. The van der Waals surface area contributed by atoms with Gasteiger partial charge in [-0.1, -0.05) is 137 Å². The van der Waals surface area contributed by atoms with E-state index in [-0.39, 0.29) is 0 Å². The Bertz CT molecular complexity index is 970. The summed E-state index contributed by atoms with van der Waals surface area (Å²) in [4.78, 5) is 0. The van der Waals surface area contributed by atoms with Crippen LogP contribution in [0.1, 0.15) is 0 Å². The summed E-state index contributed by atoms with van der Waals surface area (Å²) in [6.45, 7) is 10.9. The van der Waals surface area contributed by atoms with E-state index in [1.165, 1.54) is 32.1 Å². The third-order valence-corrected chi connectivity index (χ3v) is 23.2. The lowest BCUT2D eigenvalue weighted by molar-refractivity contribution is 1.42. The van der Waals surface area contributed by atoms with E-state index in [1.807, 2.05) is 0 Å². The van der Waals surface area contributed by atoms with Crippen LogP contribution >= 0.6 is 22.6 Å². The zero-order chi connectivity index (χ0) is 21.5. The molecule has 0 radical (unpaired) electrons. The summed E-state index contributed by atoms with van der Waals surface area (Å²) < 4.78 is 1.25.